The number of H-pyrrole nitrogens is 1. The third-order valence-electron chi connectivity index (χ3n) is 4.32. The Morgan fingerprint density at radius 2 is 1.83 bits per heavy atom. The molecule has 3 aromatic rings. The van der Waals surface area contributed by atoms with E-state index in [0.29, 0.717) is 12.8 Å². The zero-order chi connectivity index (χ0) is 16.9. The minimum absolute atomic E-state index is 0.146. The van der Waals surface area contributed by atoms with Crippen LogP contribution in [0.5, 0.6) is 0 Å². The molecule has 1 atom stereocenters. The highest BCUT2D eigenvalue weighted by atomic mass is 16.5. The molecule has 0 aliphatic carbocycles. The van der Waals surface area contributed by atoms with Crippen LogP contribution in [0.1, 0.15) is 29.3 Å². The van der Waals surface area contributed by atoms with Crippen LogP contribution in [0.25, 0.3) is 10.9 Å². The number of rotatable bonds is 6. The van der Waals surface area contributed by atoms with E-state index in [0.717, 1.165) is 28.6 Å². The molecule has 0 saturated carbocycles. The predicted molar refractivity (Wildman–Crippen MR) is 95.7 cm³/mol. The van der Waals surface area contributed by atoms with E-state index >= 15 is 0 Å². The van der Waals surface area contributed by atoms with Crippen molar-refractivity contribution in [1.29, 1.82) is 0 Å². The lowest BCUT2D eigenvalue weighted by Crippen LogP contribution is -2.16. The Hall–Kier alpha value is -2.59. The summed E-state index contributed by atoms with van der Waals surface area (Å²) < 4.78 is 4.78. The predicted octanol–water partition coefficient (Wildman–Crippen LogP) is 3.52. The van der Waals surface area contributed by atoms with Crippen LogP contribution >= 0.6 is 0 Å². The fourth-order valence-corrected chi connectivity index (χ4v) is 3.11. The molecule has 0 unspecified atom stereocenters. The van der Waals surface area contributed by atoms with Crippen LogP contribution in [-0.4, -0.2) is 18.1 Å². The van der Waals surface area contributed by atoms with Gasteiger partial charge in [-0.1, -0.05) is 48.5 Å². The van der Waals surface area contributed by atoms with Gasteiger partial charge in [0, 0.05) is 29.1 Å². The fourth-order valence-electron chi connectivity index (χ4n) is 3.11. The number of fused-ring (bicyclic) bond motifs is 1. The number of methoxy groups -OCH3 is 1. The summed E-state index contributed by atoms with van der Waals surface area (Å²) in [5, 5.41) is 1.12. The molecule has 0 aliphatic heterocycles. The van der Waals surface area contributed by atoms with Crippen LogP contribution in [0, 0.1) is 0 Å². The molecular weight excluding hydrogens is 300 g/mol. The maximum absolute atomic E-state index is 11.6. The van der Waals surface area contributed by atoms with E-state index in [4.69, 9.17) is 10.5 Å². The number of benzene rings is 2. The molecule has 4 heteroatoms. The molecule has 0 radical (unpaired) electrons. The summed E-state index contributed by atoms with van der Waals surface area (Å²) in [6.07, 6.45) is 1.72. The van der Waals surface area contributed by atoms with Gasteiger partial charge in [0.15, 0.2) is 0 Å². The van der Waals surface area contributed by atoms with Gasteiger partial charge in [0.1, 0.15) is 0 Å². The molecule has 3 rings (SSSR count). The Balaban J connectivity index is 1.92. The smallest absolute Gasteiger partial charge is 0.305 e. The van der Waals surface area contributed by atoms with E-state index in [9.17, 15) is 4.79 Å². The van der Waals surface area contributed by atoms with Crippen LogP contribution in [0.4, 0.5) is 0 Å². The van der Waals surface area contributed by atoms with Crippen molar-refractivity contribution in [3.05, 3.63) is 71.4 Å². The first kappa shape index (κ1) is 16.3. The molecule has 1 heterocycles. The summed E-state index contributed by atoms with van der Waals surface area (Å²) in [4.78, 5) is 15.0. The molecule has 0 amide bonds. The van der Waals surface area contributed by atoms with Gasteiger partial charge in [-0.3, -0.25) is 4.79 Å². The minimum atomic E-state index is -0.206. The normalized spacial score (nSPS) is 12.2. The second kappa shape index (κ2) is 7.32. The largest absolute Gasteiger partial charge is 0.469 e. The Morgan fingerprint density at radius 1 is 1.12 bits per heavy atom. The monoisotopic (exact) mass is 322 g/mol. The molecule has 0 saturated heterocycles. The summed E-state index contributed by atoms with van der Waals surface area (Å²) >= 11 is 0. The van der Waals surface area contributed by atoms with Gasteiger partial charge in [-0.2, -0.15) is 0 Å². The number of hydrogen-bond donors (Lipinski definition) is 2. The number of hydrogen-bond acceptors (Lipinski definition) is 3. The molecule has 0 bridgehead atoms. The van der Waals surface area contributed by atoms with E-state index in [-0.39, 0.29) is 12.0 Å². The van der Waals surface area contributed by atoms with Crippen molar-refractivity contribution >= 4 is 16.9 Å². The number of ether oxygens (including phenoxy) is 1. The number of esters is 1. The van der Waals surface area contributed by atoms with Crippen LogP contribution in [-0.2, 0) is 22.4 Å². The quantitative estimate of drug-likeness (QED) is 0.682. The Morgan fingerprint density at radius 3 is 2.58 bits per heavy atom. The lowest BCUT2D eigenvalue weighted by molar-refractivity contribution is -0.140. The van der Waals surface area contributed by atoms with E-state index < -0.39 is 0 Å². The highest BCUT2D eigenvalue weighted by Crippen LogP contribution is 2.28. The van der Waals surface area contributed by atoms with Crippen molar-refractivity contribution in [2.45, 2.75) is 25.3 Å². The number of aromatic amines is 1. The van der Waals surface area contributed by atoms with Crippen molar-refractivity contribution in [3.8, 4) is 0 Å². The number of para-hydroxylation sites is 1. The van der Waals surface area contributed by atoms with Crippen molar-refractivity contribution in [2.24, 2.45) is 5.73 Å². The second-order valence-corrected chi connectivity index (χ2v) is 5.94. The van der Waals surface area contributed by atoms with E-state index in [2.05, 4.69) is 23.2 Å². The SMILES string of the molecule is COC(=O)CCc1c([C@@H](N)Cc2ccccc2)[nH]c2ccccc12. The molecule has 2 aromatic carbocycles. The van der Waals surface area contributed by atoms with Crippen LogP contribution in [0.15, 0.2) is 54.6 Å². The standard InChI is InChI=1S/C20H22N2O2/c1-24-19(23)12-11-16-15-9-5-6-10-18(15)22-20(16)17(21)13-14-7-3-2-4-8-14/h2-10,17,22H,11-13,21H2,1H3/t17-/m0/s1. The molecule has 1 aromatic heterocycles. The average molecular weight is 322 g/mol. The third-order valence-corrected chi connectivity index (χ3v) is 4.32. The summed E-state index contributed by atoms with van der Waals surface area (Å²) in [6, 6.07) is 18.2. The van der Waals surface area contributed by atoms with Crippen LogP contribution < -0.4 is 5.73 Å². The number of aryl methyl sites for hydroxylation is 1. The minimum Gasteiger partial charge on any atom is -0.469 e. The van der Waals surface area contributed by atoms with Gasteiger partial charge in [0.2, 0.25) is 0 Å². The number of nitrogens with one attached hydrogen (secondary N) is 1. The number of nitrogens with two attached hydrogens (primary N) is 1. The number of carbonyl (C=O) groups excluding carboxylic acids is 1. The van der Waals surface area contributed by atoms with Crippen LogP contribution in [0.3, 0.4) is 0 Å². The Labute approximate surface area is 141 Å². The Bertz CT molecular complexity index is 824. The summed E-state index contributed by atoms with van der Waals surface area (Å²) in [7, 11) is 1.42. The van der Waals surface area contributed by atoms with Crippen molar-refractivity contribution in [2.75, 3.05) is 7.11 Å². The molecule has 4 nitrogen and oxygen atoms in total. The fraction of sp³-hybridized carbons (Fsp3) is 0.250. The van der Waals surface area contributed by atoms with Gasteiger partial charge in [-0.05, 0) is 30.0 Å². The highest BCUT2D eigenvalue weighted by molar-refractivity contribution is 5.85. The maximum Gasteiger partial charge on any atom is 0.305 e. The van der Waals surface area contributed by atoms with Gasteiger partial charge >= 0.3 is 5.97 Å². The summed E-state index contributed by atoms with van der Waals surface area (Å²) in [5.41, 5.74) is 10.8. The van der Waals surface area contributed by atoms with Crippen molar-refractivity contribution in [1.82, 2.24) is 4.98 Å². The zero-order valence-electron chi connectivity index (χ0n) is 13.8. The Kier molecular flexibility index (Phi) is 4.96. The van der Waals surface area contributed by atoms with Gasteiger partial charge in [-0.15, -0.1) is 0 Å². The molecule has 24 heavy (non-hydrogen) atoms. The zero-order valence-corrected chi connectivity index (χ0v) is 13.8. The van der Waals surface area contributed by atoms with E-state index in [1.165, 1.54) is 12.7 Å². The van der Waals surface area contributed by atoms with E-state index in [1.807, 2.05) is 36.4 Å². The molecule has 3 N–H and O–H groups in total. The molecular formula is C20H22N2O2. The lowest BCUT2D eigenvalue weighted by atomic mass is 9.98. The van der Waals surface area contributed by atoms with Gasteiger partial charge in [0.05, 0.1) is 7.11 Å². The van der Waals surface area contributed by atoms with E-state index in [1.54, 1.807) is 0 Å². The second-order valence-electron chi connectivity index (χ2n) is 5.94. The maximum atomic E-state index is 11.6. The summed E-state index contributed by atoms with van der Waals surface area (Å²) in [6.45, 7) is 0. The van der Waals surface area contributed by atoms with Gasteiger partial charge in [0.25, 0.3) is 0 Å². The summed E-state index contributed by atoms with van der Waals surface area (Å²) in [5.74, 6) is -0.206. The first-order valence-electron chi connectivity index (χ1n) is 8.15. The highest BCUT2D eigenvalue weighted by Gasteiger charge is 2.18. The van der Waals surface area contributed by atoms with Crippen LogP contribution in [0.2, 0.25) is 0 Å². The molecule has 0 spiro atoms. The lowest BCUT2D eigenvalue weighted by Gasteiger charge is -2.13. The first-order chi connectivity index (χ1) is 11.7. The molecule has 0 fully saturated rings. The van der Waals surface area contributed by atoms with Gasteiger partial charge < -0.3 is 15.5 Å². The molecule has 0 aliphatic rings. The van der Waals surface area contributed by atoms with Crippen molar-refractivity contribution < 1.29 is 9.53 Å². The first-order valence-corrected chi connectivity index (χ1v) is 8.15. The van der Waals surface area contributed by atoms with Crippen molar-refractivity contribution in [3.63, 3.8) is 0 Å². The topological polar surface area (TPSA) is 68.1 Å². The van der Waals surface area contributed by atoms with Gasteiger partial charge in [-0.25, -0.2) is 0 Å². The molecule has 124 valence electrons. The average Bonchev–Trinajstić information content (AvgIpc) is 2.99. The number of aromatic nitrogens is 1. The third kappa shape index (κ3) is 3.49. The number of carbonyl (C=O) groups is 1.